The largest absolute Gasteiger partial charge is 0.364 e. The van der Waals surface area contributed by atoms with Gasteiger partial charge in [0.1, 0.15) is 13.2 Å². The molecule has 2 fully saturated rings. The first-order chi connectivity index (χ1) is 13.5. The summed E-state index contributed by atoms with van der Waals surface area (Å²) < 4.78 is 5.25. The van der Waals surface area contributed by atoms with Gasteiger partial charge in [0.05, 0.1) is 0 Å². The lowest BCUT2D eigenvalue weighted by Crippen LogP contribution is -2.47. The van der Waals surface area contributed by atoms with Crippen molar-refractivity contribution in [2.75, 3.05) is 25.1 Å². The lowest BCUT2D eigenvalue weighted by Gasteiger charge is -2.28. The summed E-state index contributed by atoms with van der Waals surface area (Å²) in [6.07, 6.45) is 5.35. The maximum atomic E-state index is 11.9. The molecule has 1 aliphatic heterocycles. The Hall–Kier alpha value is -2.54. The van der Waals surface area contributed by atoms with Gasteiger partial charge in [0.25, 0.3) is 0 Å². The minimum Gasteiger partial charge on any atom is -0.364 e. The first-order valence-electron chi connectivity index (χ1n) is 9.85. The molecule has 7 nitrogen and oxygen atoms in total. The molecule has 150 valence electrons. The second-order valence-corrected chi connectivity index (χ2v) is 7.37. The van der Waals surface area contributed by atoms with E-state index < -0.39 is 0 Å². The number of nitrogens with zero attached hydrogens (tertiary/aromatic N) is 1. The zero-order chi connectivity index (χ0) is 19.9. The third-order valence-electron chi connectivity index (χ3n) is 5.30. The Morgan fingerprint density at radius 1 is 1.07 bits per heavy atom. The molecule has 3 amide bonds. The van der Waals surface area contributed by atoms with Crippen LogP contribution in [0.1, 0.15) is 44.1 Å². The Morgan fingerprint density at radius 3 is 2.39 bits per heavy atom. The zero-order valence-corrected chi connectivity index (χ0v) is 15.9. The molecule has 1 saturated heterocycles. The normalized spacial score (nSPS) is 16.7. The van der Waals surface area contributed by atoms with Crippen LogP contribution in [-0.2, 0) is 30.3 Å². The van der Waals surface area contributed by atoms with Gasteiger partial charge in [-0.15, -0.1) is 0 Å². The number of Topliss-reactive ketones (excluding diaryl/α,β-unsaturated/α-hetero) is 1. The van der Waals surface area contributed by atoms with E-state index in [4.69, 9.17) is 4.74 Å². The summed E-state index contributed by atoms with van der Waals surface area (Å²) in [7, 11) is 0. The van der Waals surface area contributed by atoms with Crippen molar-refractivity contribution in [3.8, 4) is 0 Å². The van der Waals surface area contributed by atoms with Gasteiger partial charge in [-0.2, -0.15) is 0 Å². The molecule has 1 saturated carbocycles. The van der Waals surface area contributed by atoms with Gasteiger partial charge in [0.15, 0.2) is 5.78 Å². The molecule has 2 aliphatic rings. The minimum absolute atomic E-state index is 0.00935. The molecule has 0 aromatic heterocycles. The summed E-state index contributed by atoms with van der Waals surface area (Å²) in [6, 6.07) is 7.20. The molecule has 1 N–H and O–H groups in total. The van der Waals surface area contributed by atoms with Crippen LogP contribution in [0.15, 0.2) is 24.3 Å². The van der Waals surface area contributed by atoms with Crippen LogP contribution in [0, 0.1) is 5.92 Å². The number of hydrogen-bond acceptors (Lipinski definition) is 5. The van der Waals surface area contributed by atoms with E-state index >= 15 is 0 Å². The molecular formula is C21H26N2O5. The number of benzene rings is 1. The van der Waals surface area contributed by atoms with Crippen molar-refractivity contribution in [1.82, 2.24) is 4.90 Å². The number of ketones is 1. The fraction of sp³-hybridized carbons (Fsp3) is 0.524. The number of carbonyl (C=O) groups excluding carboxylic acids is 4. The van der Waals surface area contributed by atoms with Crippen molar-refractivity contribution >= 4 is 29.2 Å². The fourth-order valence-corrected chi connectivity index (χ4v) is 3.53. The van der Waals surface area contributed by atoms with Crippen LogP contribution in [0.2, 0.25) is 0 Å². The SMILES string of the molecule is O=C(COCC(=O)C1CCCC1)Nc1ccc(CCC(=O)N2CCC2=O)cc1. The number of imide groups is 1. The summed E-state index contributed by atoms with van der Waals surface area (Å²) in [5, 5.41) is 2.72. The Kier molecular flexibility index (Phi) is 6.92. The number of amides is 3. The van der Waals surface area contributed by atoms with E-state index in [-0.39, 0.29) is 42.6 Å². The number of rotatable bonds is 9. The van der Waals surface area contributed by atoms with Gasteiger partial charge in [0.2, 0.25) is 17.7 Å². The summed E-state index contributed by atoms with van der Waals surface area (Å²) in [5.41, 5.74) is 1.58. The van der Waals surface area contributed by atoms with Crippen LogP contribution < -0.4 is 5.32 Å². The highest BCUT2D eigenvalue weighted by Gasteiger charge is 2.29. The van der Waals surface area contributed by atoms with Crippen LogP contribution in [0.25, 0.3) is 0 Å². The molecule has 1 aliphatic carbocycles. The minimum atomic E-state index is -0.307. The van der Waals surface area contributed by atoms with Crippen LogP contribution in [0.4, 0.5) is 5.69 Å². The maximum absolute atomic E-state index is 11.9. The number of β-lactam (4-membered cyclic amide) rings is 1. The van der Waals surface area contributed by atoms with E-state index in [0.717, 1.165) is 31.2 Å². The standard InChI is InChI=1S/C21H26N2O5/c24-18(16-3-1-2-4-16)13-28-14-19(25)22-17-8-5-15(6-9-17)7-10-20(26)23-12-11-21(23)27/h5-6,8-9,16H,1-4,7,10-14H2,(H,22,25). The van der Waals surface area contributed by atoms with Gasteiger partial charge in [0, 0.05) is 31.0 Å². The number of nitrogens with one attached hydrogen (secondary N) is 1. The second-order valence-electron chi connectivity index (χ2n) is 7.37. The topological polar surface area (TPSA) is 92.8 Å². The first kappa shape index (κ1) is 20.2. The smallest absolute Gasteiger partial charge is 0.250 e. The number of likely N-dealkylation sites (tertiary alicyclic amines) is 1. The van der Waals surface area contributed by atoms with E-state index in [1.165, 1.54) is 4.90 Å². The van der Waals surface area contributed by atoms with Crippen molar-refractivity contribution in [2.24, 2.45) is 5.92 Å². The molecule has 0 spiro atoms. The summed E-state index contributed by atoms with van der Waals surface area (Å²) in [6.45, 7) is 0.361. The fourth-order valence-electron chi connectivity index (χ4n) is 3.53. The summed E-state index contributed by atoms with van der Waals surface area (Å²) in [4.78, 5) is 48.2. The van der Waals surface area contributed by atoms with E-state index in [1.807, 2.05) is 12.1 Å². The number of anilines is 1. The van der Waals surface area contributed by atoms with Crippen molar-refractivity contribution in [1.29, 1.82) is 0 Å². The molecule has 1 aromatic rings. The van der Waals surface area contributed by atoms with Crippen molar-refractivity contribution in [3.63, 3.8) is 0 Å². The average molecular weight is 386 g/mol. The number of carbonyl (C=O) groups is 4. The van der Waals surface area contributed by atoms with Crippen LogP contribution in [0.5, 0.6) is 0 Å². The van der Waals surface area contributed by atoms with Gasteiger partial charge in [-0.05, 0) is 37.0 Å². The van der Waals surface area contributed by atoms with E-state index in [2.05, 4.69) is 5.32 Å². The van der Waals surface area contributed by atoms with Crippen molar-refractivity contribution < 1.29 is 23.9 Å². The Bertz CT molecular complexity index is 738. The van der Waals surface area contributed by atoms with Crippen LogP contribution in [0.3, 0.4) is 0 Å². The molecule has 7 heteroatoms. The van der Waals surface area contributed by atoms with Gasteiger partial charge in [-0.1, -0.05) is 25.0 Å². The number of ether oxygens (including phenoxy) is 1. The lowest BCUT2D eigenvalue weighted by atomic mass is 10.0. The molecule has 28 heavy (non-hydrogen) atoms. The third kappa shape index (κ3) is 5.48. The summed E-state index contributed by atoms with van der Waals surface area (Å²) >= 11 is 0. The Morgan fingerprint density at radius 2 is 1.79 bits per heavy atom. The number of aryl methyl sites for hydroxylation is 1. The highest BCUT2D eigenvalue weighted by Crippen LogP contribution is 2.25. The van der Waals surface area contributed by atoms with Crippen LogP contribution in [-0.4, -0.2) is 48.2 Å². The predicted molar refractivity (Wildman–Crippen MR) is 103 cm³/mol. The molecule has 1 heterocycles. The lowest BCUT2D eigenvalue weighted by molar-refractivity contribution is -0.152. The zero-order valence-electron chi connectivity index (χ0n) is 15.9. The van der Waals surface area contributed by atoms with Crippen molar-refractivity contribution in [2.45, 2.75) is 44.9 Å². The molecule has 0 unspecified atom stereocenters. The monoisotopic (exact) mass is 386 g/mol. The quantitative estimate of drug-likeness (QED) is 0.656. The highest BCUT2D eigenvalue weighted by molar-refractivity contribution is 5.99. The van der Waals surface area contributed by atoms with Crippen LogP contribution >= 0.6 is 0 Å². The third-order valence-corrected chi connectivity index (χ3v) is 5.30. The first-order valence-corrected chi connectivity index (χ1v) is 9.85. The molecular weight excluding hydrogens is 360 g/mol. The second kappa shape index (κ2) is 9.59. The molecule has 0 bridgehead atoms. The predicted octanol–water partition coefficient (Wildman–Crippen LogP) is 2.09. The van der Waals surface area contributed by atoms with E-state index in [0.29, 0.717) is 31.5 Å². The van der Waals surface area contributed by atoms with E-state index in [1.54, 1.807) is 12.1 Å². The molecule has 1 aromatic carbocycles. The summed E-state index contributed by atoms with van der Waals surface area (Å²) in [5.74, 6) is -0.363. The molecule has 0 radical (unpaired) electrons. The Balaban J connectivity index is 1.35. The highest BCUT2D eigenvalue weighted by atomic mass is 16.5. The Labute approximate surface area is 164 Å². The van der Waals surface area contributed by atoms with E-state index in [9.17, 15) is 19.2 Å². The number of hydrogen-bond donors (Lipinski definition) is 1. The van der Waals surface area contributed by atoms with Crippen molar-refractivity contribution in [3.05, 3.63) is 29.8 Å². The van der Waals surface area contributed by atoms with Gasteiger partial charge in [-0.25, -0.2) is 0 Å². The molecule has 0 atom stereocenters. The van der Waals surface area contributed by atoms with Gasteiger partial charge < -0.3 is 10.1 Å². The molecule has 3 rings (SSSR count). The van der Waals surface area contributed by atoms with Gasteiger partial charge >= 0.3 is 0 Å². The van der Waals surface area contributed by atoms with Gasteiger partial charge in [-0.3, -0.25) is 24.1 Å². The maximum Gasteiger partial charge on any atom is 0.250 e. The average Bonchev–Trinajstić information content (AvgIpc) is 3.21.